The van der Waals surface area contributed by atoms with Crippen LogP contribution in [0.5, 0.6) is 0 Å². The summed E-state index contributed by atoms with van der Waals surface area (Å²) in [4.78, 5) is 14.1. The predicted octanol–water partition coefficient (Wildman–Crippen LogP) is 1.24. The Labute approximate surface area is 114 Å². The van der Waals surface area contributed by atoms with Gasteiger partial charge in [0.15, 0.2) is 0 Å². The third-order valence-corrected chi connectivity index (χ3v) is 3.73. The number of hydrogen-bond donors (Lipinski definition) is 0. The molecule has 2 heterocycles. The number of nitrogens with zero attached hydrogens (tertiary/aromatic N) is 3. The van der Waals surface area contributed by atoms with E-state index in [1.165, 1.54) is 5.69 Å². The molecule has 1 aliphatic rings. The number of rotatable bonds is 5. The molecule has 106 valence electrons. The summed E-state index contributed by atoms with van der Waals surface area (Å²) in [7, 11) is 1.97. The number of likely N-dealkylation sites (tertiary alicyclic amines) is 1. The highest BCUT2D eigenvalue weighted by molar-refractivity contribution is 5.72. The molecule has 1 aromatic rings. The first kappa shape index (κ1) is 14.1. The summed E-state index contributed by atoms with van der Waals surface area (Å²) in [5.41, 5.74) is 1.23. The fourth-order valence-electron chi connectivity index (χ4n) is 2.63. The van der Waals surface area contributed by atoms with Crippen LogP contribution >= 0.6 is 0 Å². The van der Waals surface area contributed by atoms with Crippen LogP contribution in [0, 0.1) is 5.92 Å². The van der Waals surface area contributed by atoms with Gasteiger partial charge in [-0.05, 0) is 32.4 Å². The average Bonchev–Trinajstić information content (AvgIpc) is 2.82. The first-order chi connectivity index (χ1) is 9.20. The largest absolute Gasteiger partial charge is 0.466 e. The number of ether oxygens (including phenoxy) is 1. The lowest BCUT2D eigenvalue weighted by atomic mass is 9.98. The Hall–Kier alpha value is -1.36. The lowest BCUT2D eigenvalue weighted by Crippen LogP contribution is -2.40. The maximum Gasteiger partial charge on any atom is 0.310 e. The van der Waals surface area contributed by atoms with Crippen molar-refractivity contribution in [1.82, 2.24) is 14.7 Å². The normalized spacial score (nSPS) is 20.4. The Bertz CT molecular complexity index is 417. The van der Waals surface area contributed by atoms with Crippen LogP contribution in [0.4, 0.5) is 0 Å². The molecule has 0 bridgehead atoms. The molecule has 0 amide bonds. The van der Waals surface area contributed by atoms with Gasteiger partial charge in [0, 0.05) is 38.4 Å². The van der Waals surface area contributed by atoms with Crippen molar-refractivity contribution in [2.45, 2.75) is 26.2 Å². The molecule has 5 heteroatoms. The van der Waals surface area contributed by atoms with Gasteiger partial charge in [0.05, 0.1) is 12.5 Å². The van der Waals surface area contributed by atoms with Crippen molar-refractivity contribution in [3.05, 3.63) is 18.0 Å². The van der Waals surface area contributed by atoms with Crippen LogP contribution in [-0.2, 0) is 23.0 Å². The van der Waals surface area contributed by atoms with Crippen LogP contribution in [0.3, 0.4) is 0 Å². The van der Waals surface area contributed by atoms with E-state index in [0.717, 1.165) is 38.9 Å². The third-order valence-electron chi connectivity index (χ3n) is 3.73. The first-order valence-electron chi connectivity index (χ1n) is 7.06. The van der Waals surface area contributed by atoms with Gasteiger partial charge in [-0.15, -0.1) is 0 Å². The molecule has 1 saturated heterocycles. The number of carbonyl (C=O) groups excluding carboxylic acids is 1. The molecule has 1 fully saturated rings. The maximum atomic E-state index is 11.8. The van der Waals surface area contributed by atoms with Crippen LogP contribution < -0.4 is 0 Å². The Balaban J connectivity index is 1.81. The number of aromatic nitrogens is 2. The molecule has 5 nitrogen and oxygen atoms in total. The van der Waals surface area contributed by atoms with E-state index in [2.05, 4.69) is 10.00 Å². The van der Waals surface area contributed by atoms with Crippen LogP contribution in [0.15, 0.2) is 12.3 Å². The summed E-state index contributed by atoms with van der Waals surface area (Å²) >= 11 is 0. The zero-order valence-corrected chi connectivity index (χ0v) is 11.8. The first-order valence-corrected chi connectivity index (χ1v) is 7.06. The minimum absolute atomic E-state index is 0.0345. The van der Waals surface area contributed by atoms with E-state index in [1.54, 1.807) is 0 Å². The number of esters is 1. The molecule has 2 rings (SSSR count). The molecule has 19 heavy (non-hydrogen) atoms. The third kappa shape index (κ3) is 3.80. The van der Waals surface area contributed by atoms with E-state index < -0.39 is 0 Å². The van der Waals surface area contributed by atoms with Crippen LogP contribution in [-0.4, -0.2) is 46.9 Å². The summed E-state index contributed by atoms with van der Waals surface area (Å²) in [6.07, 6.45) is 4.84. The molecule has 1 aliphatic heterocycles. The van der Waals surface area contributed by atoms with E-state index in [4.69, 9.17) is 4.74 Å². The van der Waals surface area contributed by atoms with Crippen molar-refractivity contribution in [2.24, 2.45) is 13.0 Å². The molecular formula is C14H23N3O2. The van der Waals surface area contributed by atoms with Crippen LogP contribution in [0.2, 0.25) is 0 Å². The molecule has 0 N–H and O–H groups in total. The number of carbonyl (C=O) groups is 1. The quantitative estimate of drug-likeness (QED) is 0.752. The number of hydrogen-bond acceptors (Lipinski definition) is 4. The molecule has 1 aromatic heterocycles. The lowest BCUT2D eigenvalue weighted by molar-refractivity contribution is -0.149. The Morgan fingerprint density at radius 1 is 1.58 bits per heavy atom. The fourth-order valence-corrected chi connectivity index (χ4v) is 2.63. The summed E-state index contributed by atoms with van der Waals surface area (Å²) in [5.74, 6) is 0.0213. The standard InChI is InChI=1S/C14H23N3O2/c1-3-19-14(18)12-5-4-9-17(11-12)10-7-13-6-8-15-16(13)2/h6,8,12H,3-5,7,9-11H2,1-2H3/t12-/m1/s1. The zero-order valence-electron chi connectivity index (χ0n) is 11.8. The number of piperidine rings is 1. The smallest absolute Gasteiger partial charge is 0.310 e. The van der Waals surface area contributed by atoms with Gasteiger partial charge in [-0.1, -0.05) is 0 Å². The summed E-state index contributed by atoms with van der Waals surface area (Å²) in [6, 6.07) is 2.05. The highest BCUT2D eigenvalue weighted by atomic mass is 16.5. The van der Waals surface area contributed by atoms with E-state index in [1.807, 2.05) is 30.9 Å². The molecule has 0 aliphatic carbocycles. The molecule has 0 spiro atoms. The summed E-state index contributed by atoms with van der Waals surface area (Å²) < 4.78 is 7.03. The second-order valence-electron chi connectivity index (χ2n) is 5.09. The van der Waals surface area contributed by atoms with Crippen molar-refractivity contribution in [3.63, 3.8) is 0 Å². The highest BCUT2D eigenvalue weighted by Gasteiger charge is 2.26. The second-order valence-corrected chi connectivity index (χ2v) is 5.09. The topological polar surface area (TPSA) is 47.4 Å². The van der Waals surface area contributed by atoms with Crippen LogP contribution in [0.25, 0.3) is 0 Å². The molecular weight excluding hydrogens is 242 g/mol. The predicted molar refractivity (Wildman–Crippen MR) is 72.7 cm³/mol. The van der Waals surface area contributed by atoms with Crippen molar-refractivity contribution in [1.29, 1.82) is 0 Å². The van der Waals surface area contributed by atoms with E-state index in [0.29, 0.717) is 6.61 Å². The Morgan fingerprint density at radius 3 is 3.11 bits per heavy atom. The van der Waals surface area contributed by atoms with Gasteiger partial charge in [0.2, 0.25) is 0 Å². The Kier molecular flexibility index (Phi) is 4.96. The van der Waals surface area contributed by atoms with E-state index in [-0.39, 0.29) is 11.9 Å². The monoisotopic (exact) mass is 265 g/mol. The Morgan fingerprint density at radius 2 is 2.42 bits per heavy atom. The zero-order chi connectivity index (χ0) is 13.7. The highest BCUT2D eigenvalue weighted by Crippen LogP contribution is 2.18. The van der Waals surface area contributed by atoms with Crippen LogP contribution in [0.1, 0.15) is 25.5 Å². The van der Waals surface area contributed by atoms with Gasteiger partial charge in [0.1, 0.15) is 0 Å². The van der Waals surface area contributed by atoms with Gasteiger partial charge in [-0.3, -0.25) is 9.48 Å². The van der Waals surface area contributed by atoms with Gasteiger partial charge >= 0.3 is 5.97 Å². The van der Waals surface area contributed by atoms with E-state index in [9.17, 15) is 4.79 Å². The molecule has 0 unspecified atom stereocenters. The van der Waals surface area contributed by atoms with Gasteiger partial charge in [0.25, 0.3) is 0 Å². The molecule has 1 atom stereocenters. The van der Waals surface area contributed by atoms with Gasteiger partial charge < -0.3 is 9.64 Å². The number of aryl methyl sites for hydroxylation is 1. The molecule has 0 radical (unpaired) electrons. The van der Waals surface area contributed by atoms with Crippen molar-refractivity contribution < 1.29 is 9.53 Å². The maximum absolute atomic E-state index is 11.8. The lowest BCUT2D eigenvalue weighted by Gasteiger charge is -2.31. The summed E-state index contributed by atoms with van der Waals surface area (Å²) in [6.45, 7) is 5.23. The average molecular weight is 265 g/mol. The van der Waals surface area contributed by atoms with Crippen molar-refractivity contribution in [2.75, 3.05) is 26.2 Å². The minimum atomic E-state index is -0.0345. The van der Waals surface area contributed by atoms with Gasteiger partial charge in [-0.2, -0.15) is 5.10 Å². The molecule has 0 aromatic carbocycles. The fraction of sp³-hybridized carbons (Fsp3) is 0.714. The van der Waals surface area contributed by atoms with Gasteiger partial charge in [-0.25, -0.2) is 0 Å². The molecule has 0 saturated carbocycles. The SMILES string of the molecule is CCOC(=O)[C@@H]1CCCN(CCc2ccnn2C)C1. The summed E-state index contributed by atoms with van der Waals surface area (Å²) in [5, 5.41) is 4.17. The second kappa shape index (κ2) is 6.70. The van der Waals surface area contributed by atoms with Crippen molar-refractivity contribution >= 4 is 5.97 Å². The van der Waals surface area contributed by atoms with Crippen molar-refractivity contribution in [3.8, 4) is 0 Å². The minimum Gasteiger partial charge on any atom is -0.466 e. The van der Waals surface area contributed by atoms with E-state index >= 15 is 0 Å².